The molecule has 0 spiro atoms. The van der Waals surface area contributed by atoms with Crippen molar-refractivity contribution in [2.24, 2.45) is 0 Å². The van der Waals surface area contributed by atoms with Gasteiger partial charge in [0, 0.05) is 10.9 Å². The van der Waals surface area contributed by atoms with E-state index in [-0.39, 0.29) is 5.75 Å². The summed E-state index contributed by atoms with van der Waals surface area (Å²) in [6.45, 7) is 0. The van der Waals surface area contributed by atoms with Crippen molar-refractivity contribution in [2.75, 3.05) is 0 Å². The van der Waals surface area contributed by atoms with Gasteiger partial charge in [0.25, 0.3) is 0 Å². The van der Waals surface area contributed by atoms with E-state index in [1.54, 1.807) is 18.2 Å². The molecule has 3 rings (SSSR count). The average molecular weight is 289 g/mol. The topological polar surface area (TPSA) is 33.4 Å². The van der Waals surface area contributed by atoms with Gasteiger partial charge in [-0.2, -0.15) is 0 Å². The molecule has 0 fully saturated rings. The molecule has 1 N–H and O–H groups in total. The van der Waals surface area contributed by atoms with E-state index in [0.717, 1.165) is 22.1 Å². The lowest BCUT2D eigenvalue weighted by Gasteiger charge is -1.99. The summed E-state index contributed by atoms with van der Waals surface area (Å²) in [4.78, 5) is 0. The van der Waals surface area contributed by atoms with Gasteiger partial charge in [0.1, 0.15) is 11.3 Å². The highest BCUT2D eigenvalue weighted by Crippen LogP contribution is 2.39. The van der Waals surface area contributed by atoms with Gasteiger partial charge in [0.15, 0.2) is 4.67 Å². The first-order valence-electron chi connectivity index (χ1n) is 5.22. The van der Waals surface area contributed by atoms with Crippen molar-refractivity contribution in [3.8, 4) is 16.9 Å². The van der Waals surface area contributed by atoms with Gasteiger partial charge in [0.2, 0.25) is 0 Å². The number of aromatic hydroxyl groups is 1. The quantitative estimate of drug-likeness (QED) is 0.712. The number of furan rings is 1. The Morgan fingerprint density at radius 3 is 2.53 bits per heavy atom. The molecule has 2 nitrogen and oxygen atoms in total. The number of hydrogen-bond donors (Lipinski definition) is 1. The van der Waals surface area contributed by atoms with Crippen LogP contribution in [0.2, 0.25) is 0 Å². The number of phenolic OH excluding ortho intramolecular Hbond substituents is 1. The van der Waals surface area contributed by atoms with E-state index < -0.39 is 0 Å². The minimum absolute atomic E-state index is 0.239. The minimum Gasteiger partial charge on any atom is -0.508 e. The summed E-state index contributed by atoms with van der Waals surface area (Å²) < 4.78 is 6.30. The van der Waals surface area contributed by atoms with Crippen LogP contribution in [0, 0.1) is 0 Å². The summed E-state index contributed by atoms with van der Waals surface area (Å²) in [7, 11) is 0. The average Bonchev–Trinajstić information content (AvgIpc) is 2.65. The lowest BCUT2D eigenvalue weighted by molar-refractivity contribution is 0.475. The van der Waals surface area contributed by atoms with E-state index in [1.165, 1.54) is 0 Å². The van der Waals surface area contributed by atoms with Crippen LogP contribution in [-0.2, 0) is 0 Å². The molecule has 0 radical (unpaired) electrons. The smallest absolute Gasteiger partial charge is 0.178 e. The molecule has 2 aromatic carbocycles. The van der Waals surface area contributed by atoms with E-state index in [2.05, 4.69) is 15.9 Å². The second-order valence-corrected chi connectivity index (χ2v) is 4.52. The van der Waals surface area contributed by atoms with Crippen LogP contribution in [0.5, 0.6) is 5.75 Å². The van der Waals surface area contributed by atoms with Crippen LogP contribution < -0.4 is 0 Å². The maximum absolute atomic E-state index is 9.55. The Bertz CT molecular complexity index is 671. The Balaban J connectivity index is 2.35. The van der Waals surface area contributed by atoms with Crippen molar-refractivity contribution < 1.29 is 9.52 Å². The first-order chi connectivity index (χ1) is 8.25. The van der Waals surface area contributed by atoms with E-state index in [4.69, 9.17) is 4.42 Å². The van der Waals surface area contributed by atoms with E-state index in [0.29, 0.717) is 4.67 Å². The van der Waals surface area contributed by atoms with Gasteiger partial charge >= 0.3 is 0 Å². The maximum Gasteiger partial charge on any atom is 0.178 e. The van der Waals surface area contributed by atoms with Gasteiger partial charge in [-0.15, -0.1) is 0 Å². The molecule has 0 saturated heterocycles. The van der Waals surface area contributed by atoms with E-state index >= 15 is 0 Å². The van der Waals surface area contributed by atoms with Crippen molar-refractivity contribution in [1.29, 1.82) is 0 Å². The van der Waals surface area contributed by atoms with Crippen molar-refractivity contribution in [3.05, 3.63) is 53.2 Å². The van der Waals surface area contributed by atoms with Crippen molar-refractivity contribution in [3.63, 3.8) is 0 Å². The van der Waals surface area contributed by atoms with Crippen molar-refractivity contribution >= 4 is 26.9 Å². The molecular formula is C14H9BrO2. The van der Waals surface area contributed by atoms with Gasteiger partial charge < -0.3 is 9.52 Å². The van der Waals surface area contributed by atoms with Crippen LogP contribution >= 0.6 is 15.9 Å². The maximum atomic E-state index is 9.55. The third kappa shape index (κ3) is 1.72. The predicted octanol–water partition coefficient (Wildman–Crippen LogP) is 4.57. The fourth-order valence-corrected chi connectivity index (χ4v) is 2.55. The molecule has 0 atom stereocenters. The van der Waals surface area contributed by atoms with E-state index in [9.17, 15) is 5.11 Å². The third-order valence-electron chi connectivity index (χ3n) is 2.69. The monoisotopic (exact) mass is 288 g/mol. The zero-order chi connectivity index (χ0) is 11.8. The summed E-state index contributed by atoms with van der Waals surface area (Å²) in [6.07, 6.45) is 0. The highest BCUT2D eigenvalue weighted by Gasteiger charge is 2.14. The van der Waals surface area contributed by atoms with Crippen molar-refractivity contribution in [2.45, 2.75) is 0 Å². The largest absolute Gasteiger partial charge is 0.508 e. The number of phenols is 1. The summed E-state index contributed by atoms with van der Waals surface area (Å²) in [5.74, 6) is 0.239. The zero-order valence-corrected chi connectivity index (χ0v) is 10.4. The molecule has 0 unspecified atom stereocenters. The Morgan fingerprint density at radius 2 is 1.76 bits per heavy atom. The molecule has 0 amide bonds. The molecule has 0 aliphatic carbocycles. The molecule has 3 heteroatoms. The fraction of sp³-hybridized carbons (Fsp3) is 0. The molecule has 17 heavy (non-hydrogen) atoms. The molecular weight excluding hydrogens is 280 g/mol. The second kappa shape index (κ2) is 3.93. The van der Waals surface area contributed by atoms with E-state index in [1.807, 2.05) is 30.3 Å². The fourth-order valence-electron chi connectivity index (χ4n) is 1.93. The third-order valence-corrected chi connectivity index (χ3v) is 3.25. The summed E-state index contributed by atoms with van der Waals surface area (Å²) in [5, 5.41) is 10.5. The Kier molecular flexibility index (Phi) is 2.41. The van der Waals surface area contributed by atoms with Crippen LogP contribution in [-0.4, -0.2) is 5.11 Å². The highest BCUT2D eigenvalue weighted by molar-refractivity contribution is 9.10. The van der Waals surface area contributed by atoms with Crippen molar-refractivity contribution in [1.82, 2.24) is 0 Å². The minimum atomic E-state index is 0.239. The SMILES string of the molecule is Oc1ccc2oc(Br)c(-c3ccccc3)c2c1. The summed E-state index contributed by atoms with van der Waals surface area (Å²) >= 11 is 3.42. The van der Waals surface area contributed by atoms with Gasteiger partial charge in [-0.3, -0.25) is 0 Å². The first-order valence-corrected chi connectivity index (χ1v) is 6.01. The van der Waals surface area contributed by atoms with Gasteiger partial charge in [0.05, 0.1) is 0 Å². The predicted molar refractivity (Wildman–Crippen MR) is 71.0 cm³/mol. The lowest BCUT2D eigenvalue weighted by atomic mass is 10.0. The van der Waals surface area contributed by atoms with Crippen LogP contribution in [0.25, 0.3) is 22.1 Å². The molecule has 1 heterocycles. The van der Waals surface area contributed by atoms with Crippen LogP contribution in [0.15, 0.2) is 57.6 Å². The molecule has 0 aliphatic heterocycles. The molecule has 0 aliphatic rings. The number of halogens is 1. The first kappa shape index (κ1) is 10.4. The molecule has 84 valence electrons. The van der Waals surface area contributed by atoms with Gasteiger partial charge in [-0.25, -0.2) is 0 Å². The number of benzene rings is 2. The zero-order valence-electron chi connectivity index (χ0n) is 8.85. The standard InChI is InChI=1S/C14H9BrO2/c15-14-13(9-4-2-1-3-5-9)11-8-10(16)6-7-12(11)17-14/h1-8,16H. The van der Waals surface area contributed by atoms with Crippen LogP contribution in [0.4, 0.5) is 0 Å². The summed E-state index contributed by atoms with van der Waals surface area (Å²) in [6, 6.07) is 15.0. The molecule has 0 bridgehead atoms. The van der Waals surface area contributed by atoms with Gasteiger partial charge in [-0.1, -0.05) is 30.3 Å². The van der Waals surface area contributed by atoms with Gasteiger partial charge in [-0.05, 0) is 39.7 Å². The number of rotatable bonds is 1. The normalized spacial score (nSPS) is 10.9. The Morgan fingerprint density at radius 1 is 1.00 bits per heavy atom. The highest BCUT2D eigenvalue weighted by atomic mass is 79.9. The number of fused-ring (bicyclic) bond motifs is 1. The number of hydrogen-bond acceptors (Lipinski definition) is 2. The van der Waals surface area contributed by atoms with Crippen LogP contribution in [0.3, 0.4) is 0 Å². The Hall–Kier alpha value is -1.74. The van der Waals surface area contributed by atoms with Crippen LogP contribution in [0.1, 0.15) is 0 Å². The molecule has 0 saturated carbocycles. The molecule has 3 aromatic rings. The lowest BCUT2D eigenvalue weighted by Crippen LogP contribution is -1.75. The Labute approximate surface area is 107 Å². The molecule has 1 aromatic heterocycles. The second-order valence-electron chi connectivity index (χ2n) is 3.80. The summed E-state index contributed by atoms with van der Waals surface area (Å²) in [5.41, 5.74) is 2.79.